The standard InChI is InChI=1S/C23H29F2NO3/c1-3-16(2)19-6-4-5-7-22(19)29-15-18(27)13-26-10-11-28-23(14-26)17-8-9-20(24)21(25)12-17/h4-9,12,16,18,23,27H,3,10-11,13-15H2,1-2H3. The van der Waals surface area contributed by atoms with E-state index in [1.807, 2.05) is 18.2 Å². The van der Waals surface area contributed by atoms with Crippen molar-refractivity contribution in [3.63, 3.8) is 0 Å². The van der Waals surface area contributed by atoms with Gasteiger partial charge in [-0.05, 0) is 41.7 Å². The van der Waals surface area contributed by atoms with E-state index in [-0.39, 0.29) is 12.7 Å². The van der Waals surface area contributed by atoms with E-state index in [4.69, 9.17) is 9.47 Å². The summed E-state index contributed by atoms with van der Waals surface area (Å²) >= 11 is 0. The Hall–Kier alpha value is -2.02. The molecule has 29 heavy (non-hydrogen) atoms. The van der Waals surface area contributed by atoms with Gasteiger partial charge in [0.05, 0.1) is 12.7 Å². The van der Waals surface area contributed by atoms with E-state index in [9.17, 15) is 13.9 Å². The molecule has 0 radical (unpaired) electrons. The molecule has 0 aromatic heterocycles. The van der Waals surface area contributed by atoms with Crippen LogP contribution in [0.4, 0.5) is 8.78 Å². The van der Waals surface area contributed by atoms with Crippen LogP contribution in [0.5, 0.6) is 5.75 Å². The van der Waals surface area contributed by atoms with Crippen molar-refractivity contribution in [3.8, 4) is 5.75 Å². The van der Waals surface area contributed by atoms with Gasteiger partial charge in [-0.1, -0.05) is 38.1 Å². The SMILES string of the molecule is CCC(C)c1ccccc1OCC(O)CN1CCOC(c2ccc(F)c(F)c2)C1. The first-order valence-electron chi connectivity index (χ1n) is 10.2. The minimum Gasteiger partial charge on any atom is -0.491 e. The number of para-hydroxylation sites is 1. The van der Waals surface area contributed by atoms with Crippen molar-refractivity contribution in [2.24, 2.45) is 0 Å². The van der Waals surface area contributed by atoms with Crippen molar-refractivity contribution in [1.29, 1.82) is 0 Å². The van der Waals surface area contributed by atoms with Gasteiger partial charge in [0, 0.05) is 19.6 Å². The number of aliphatic hydroxyl groups is 1. The van der Waals surface area contributed by atoms with Crippen LogP contribution >= 0.6 is 0 Å². The summed E-state index contributed by atoms with van der Waals surface area (Å²) in [4.78, 5) is 2.06. The zero-order valence-corrected chi connectivity index (χ0v) is 17.0. The Balaban J connectivity index is 1.54. The van der Waals surface area contributed by atoms with Crippen LogP contribution < -0.4 is 4.74 Å². The number of nitrogens with zero attached hydrogens (tertiary/aromatic N) is 1. The molecule has 0 spiro atoms. The molecule has 1 aliphatic heterocycles. The fourth-order valence-corrected chi connectivity index (χ4v) is 3.56. The van der Waals surface area contributed by atoms with Gasteiger partial charge >= 0.3 is 0 Å². The fourth-order valence-electron chi connectivity index (χ4n) is 3.56. The number of benzene rings is 2. The molecule has 3 rings (SSSR count). The molecule has 0 saturated carbocycles. The molecular formula is C23H29F2NO3. The first-order chi connectivity index (χ1) is 14.0. The highest BCUT2D eigenvalue weighted by atomic mass is 19.2. The molecule has 3 atom stereocenters. The molecule has 1 heterocycles. The molecule has 158 valence electrons. The second kappa shape index (κ2) is 10.1. The van der Waals surface area contributed by atoms with Gasteiger partial charge in [0.25, 0.3) is 0 Å². The molecule has 0 aliphatic carbocycles. The summed E-state index contributed by atoms with van der Waals surface area (Å²) in [5.41, 5.74) is 1.74. The maximum atomic E-state index is 13.5. The lowest BCUT2D eigenvalue weighted by Gasteiger charge is -2.34. The summed E-state index contributed by atoms with van der Waals surface area (Å²) in [6, 6.07) is 11.8. The Morgan fingerprint density at radius 2 is 2.00 bits per heavy atom. The third-order valence-electron chi connectivity index (χ3n) is 5.43. The van der Waals surface area contributed by atoms with Gasteiger partial charge in [-0.3, -0.25) is 4.90 Å². The van der Waals surface area contributed by atoms with E-state index < -0.39 is 17.7 Å². The number of morpholine rings is 1. The minimum absolute atomic E-state index is 0.195. The van der Waals surface area contributed by atoms with Gasteiger partial charge in [-0.25, -0.2) is 8.78 Å². The van der Waals surface area contributed by atoms with Gasteiger partial charge in [0.15, 0.2) is 11.6 Å². The maximum Gasteiger partial charge on any atom is 0.159 e. The quantitative estimate of drug-likeness (QED) is 0.711. The van der Waals surface area contributed by atoms with Gasteiger partial charge in [0.2, 0.25) is 0 Å². The topological polar surface area (TPSA) is 41.9 Å². The number of hydrogen-bond acceptors (Lipinski definition) is 4. The largest absolute Gasteiger partial charge is 0.491 e. The Morgan fingerprint density at radius 1 is 1.21 bits per heavy atom. The summed E-state index contributed by atoms with van der Waals surface area (Å²) in [6.07, 6.45) is 0.00371. The Kier molecular flexibility index (Phi) is 7.58. The molecule has 1 aliphatic rings. The van der Waals surface area contributed by atoms with Gasteiger partial charge in [-0.15, -0.1) is 0 Å². The van der Waals surface area contributed by atoms with E-state index in [1.54, 1.807) is 0 Å². The molecule has 3 unspecified atom stereocenters. The van der Waals surface area contributed by atoms with Crippen molar-refractivity contribution in [3.05, 3.63) is 65.2 Å². The third-order valence-corrected chi connectivity index (χ3v) is 5.43. The molecule has 2 aromatic carbocycles. The van der Waals surface area contributed by atoms with Crippen molar-refractivity contribution in [1.82, 2.24) is 4.90 Å². The molecule has 2 aromatic rings. The van der Waals surface area contributed by atoms with Crippen LogP contribution in [0.15, 0.2) is 42.5 Å². The zero-order chi connectivity index (χ0) is 20.8. The van der Waals surface area contributed by atoms with Crippen molar-refractivity contribution >= 4 is 0 Å². The maximum absolute atomic E-state index is 13.5. The predicted octanol–water partition coefficient (Wildman–Crippen LogP) is 4.29. The predicted molar refractivity (Wildman–Crippen MR) is 108 cm³/mol. The van der Waals surface area contributed by atoms with Crippen LogP contribution in [0.1, 0.15) is 43.4 Å². The highest BCUT2D eigenvalue weighted by Crippen LogP contribution is 2.28. The number of ether oxygens (including phenoxy) is 2. The lowest BCUT2D eigenvalue weighted by molar-refractivity contribution is -0.0461. The van der Waals surface area contributed by atoms with E-state index in [1.165, 1.54) is 12.1 Å². The average Bonchev–Trinajstić information content (AvgIpc) is 2.74. The van der Waals surface area contributed by atoms with Crippen LogP contribution in [0.25, 0.3) is 0 Å². The minimum atomic E-state index is -0.878. The number of aliphatic hydroxyl groups excluding tert-OH is 1. The molecule has 1 N–H and O–H groups in total. The van der Waals surface area contributed by atoms with Gasteiger partial charge < -0.3 is 14.6 Å². The smallest absolute Gasteiger partial charge is 0.159 e. The normalized spacial score (nSPS) is 19.7. The van der Waals surface area contributed by atoms with Crippen LogP contribution in [-0.2, 0) is 4.74 Å². The van der Waals surface area contributed by atoms with Crippen molar-refractivity contribution in [2.75, 3.05) is 32.8 Å². The van der Waals surface area contributed by atoms with Crippen molar-refractivity contribution in [2.45, 2.75) is 38.4 Å². The monoisotopic (exact) mass is 405 g/mol. The first-order valence-corrected chi connectivity index (χ1v) is 10.2. The Bertz CT molecular complexity index is 801. The molecule has 0 bridgehead atoms. The Morgan fingerprint density at radius 3 is 2.76 bits per heavy atom. The van der Waals surface area contributed by atoms with E-state index in [0.717, 1.165) is 23.8 Å². The van der Waals surface area contributed by atoms with Gasteiger partial charge in [0.1, 0.15) is 18.5 Å². The molecule has 1 saturated heterocycles. The summed E-state index contributed by atoms with van der Waals surface area (Å²) in [5.74, 6) is -0.551. The lowest BCUT2D eigenvalue weighted by Crippen LogP contribution is -2.43. The number of rotatable bonds is 8. The molecular weight excluding hydrogens is 376 g/mol. The summed E-state index contributed by atoms with van der Waals surface area (Å²) in [5, 5.41) is 10.5. The van der Waals surface area contributed by atoms with E-state index >= 15 is 0 Å². The molecule has 4 nitrogen and oxygen atoms in total. The average molecular weight is 405 g/mol. The van der Waals surface area contributed by atoms with Crippen LogP contribution in [0, 0.1) is 11.6 Å². The fraction of sp³-hybridized carbons (Fsp3) is 0.478. The van der Waals surface area contributed by atoms with E-state index in [2.05, 4.69) is 24.8 Å². The zero-order valence-electron chi connectivity index (χ0n) is 17.0. The molecule has 1 fully saturated rings. The van der Waals surface area contributed by atoms with Gasteiger partial charge in [-0.2, -0.15) is 0 Å². The number of halogens is 2. The number of hydrogen-bond donors (Lipinski definition) is 1. The molecule has 6 heteroatoms. The molecule has 0 amide bonds. The highest BCUT2D eigenvalue weighted by Gasteiger charge is 2.24. The summed E-state index contributed by atoms with van der Waals surface area (Å²) in [6.45, 7) is 6.55. The summed E-state index contributed by atoms with van der Waals surface area (Å²) < 4.78 is 38.3. The second-order valence-electron chi connectivity index (χ2n) is 7.60. The summed E-state index contributed by atoms with van der Waals surface area (Å²) in [7, 11) is 0. The Labute approximate surface area is 171 Å². The van der Waals surface area contributed by atoms with E-state index in [0.29, 0.717) is 37.7 Å². The van der Waals surface area contributed by atoms with Crippen LogP contribution in [0.2, 0.25) is 0 Å². The van der Waals surface area contributed by atoms with Crippen molar-refractivity contribution < 1.29 is 23.4 Å². The van der Waals surface area contributed by atoms with Crippen LogP contribution in [-0.4, -0.2) is 49.0 Å². The third kappa shape index (κ3) is 5.75. The lowest BCUT2D eigenvalue weighted by atomic mass is 9.98. The van der Waals surface area contributed by atoms with Crippen LogP contribution in [0.3, 0.4) is 0 Å². The first kappa shape index (κ1) is 21.7. The number of β-amino-alcohol motifs (C(OH)–C–C–N with tert-alkyl or cyclic N) is 1. The second-order valence-corrected chi connectivity index (χ2v) is 7.60. The highest BCUT2D eigenvalue weighted by molar-refractivity contribution is 5.35.